The Hall–Kier alpha value is -0.160. The quantitative estimate of drug-likeness (QED) is 0.420. The fourth-order valence-electron chi connectivity index (χ4n) is 3.67. The molecule has 1 aliphatic carbocycles. The summed E-state index contributed by atoms with van der Waals surface area (Å²) in [7, 11) is 0. The van der Waals surface area contributed by atoms with E-state index in [1.807, 2.05) is 0 Å². The fourth-order valence-corrected chi connectivity index (χ4v) is 3.67. The number of piperidine rings is 3. The molecule has 13 heavy (non-hydrogen) atoms. The normalized spacial score (nSPS) is 57.0. The van der Waals surface area contributed by atoms with E-state index in [1.165, 1.54) is 6.42 Å². The van der Waals surface area contributed by atoms with Crippen molar-refractivity contribution in [2.45, 2.75) is 30.6 Å². The molecule has 0 aromatic rings. The fraction of sp³-hybridized carbons (Fsp3) is 1.00. The largest absolute Gasteiger partial charge is 0.321 e. The maximum absolute atomic E-state index is 6.31. The second-order valence-electron chi connectivity index (χ2n) is 5.26. The van der Waals surface area contributed by atoms with Crippen molar-refractivity contribution in [1.29, 1.82) is 0 Å². The van der Waals surface area contributed by atoms with Crippen LogP contribution in [-0.4, -0.2) is 29.3 Å². The van der Waals surface area contributed by atoms with E-state index in [0.717, 1.165) is 37.8 Å². The topological polar surface area (TPSA) is 81.3 Å². The molecule has 1 saturated carbocycles. The van der Waals surface area contributed by atoms with Crippen LogP contribution in [0.4, 0.5) is 0 Å². The van der Waals surface area contributed by atoms with Gasteiger partial charge in [0.05, 0.1) is 5.54 Å². The van der Waals surface area contributed by atoms with Crippen LogP contribution in [0, 0.1) is 11.8 Å². The van der Waals surface area contributed by atoms with Crippen molar-refractivity contribution in [1.82, 2.24) is 4.90 Å². The Morgan fingerprint density at radius 3 is 2.00 bits per heavy atom. The first-order valence-corrected chi connectivity index (χ1v) is 5.13. The van der Waals surface area contributed by atoms with E-state index in [-0.39, 0.29) is 5.54 Å². The van der Waals surface area contributed by atoms with Gasteiger partial charge in [-0.25, -0.2) is 0 Å². The summed E-state index contributed by atoms with van der Waals surface area (Å²) in [6.45, 7) is 2.12. The predicted octanol–water partition coefficient (Wildman–Crippen LogP) is -0.999. The highest BCUT2D eigenvalue weighted by Crippen LogP contribution is 2.48. The molecule has 4 nitrogen and oxygen atoms in total. The number of rotatable bonds is 0. The first-order valence-electron chi connectivity index (χ1n) is 5.13. The maximum Gasteiger partial charge on any atom is 0.139 e. The third-order valence-electron chi connectivity index (χ3n) is 4.25. The van der Waals surface area contributed by atoms with E-state index in [0.29, 0.717) is 0 Å². The van der Waals surface area contributed by atoms with Gasteiger partial charge in [0.2, 0.25) is 0 Å². The molecular formula is C9H18N4. The molecule has 2 atom stereocenters. The molecule has 4 rings (SSSR count). The first-order chi connectivity index (χ1) is 6.01. The highest BCUT2D eigenvalue weighted by Gasteiger charge is 2.59. The van der Waals surface area contributed by atoms with Crippen LogP contribution < -0.4 is 17.2 Å². The van der Waals surface area contributed by atoms with E-state index >= 15 is 0 Å². The third-order valence-corrected chi connectivity index (χ3v) is 4.25. The zero-order valence-electron chi connectivity index (χ0n) is 7.87. The molecule has 3 saturated heterocycles. The molecule has 0 spiro atoms. The van der Waals surface area contributed by atoms with Gasteiger partial charge in [-0.1, -0.05) is 0 Å². The van der Waals surface area contributed by atoms with Crippen molar-refractivity contribution < 1.29 is 0 Å². The van der Waals surface area contributed by atoms with Gasteiger partial charge >= 0.3 is 0 Å². The van der Waals surface area contributed by atoms with E-state index in [1.54, 1.807) is 0 Å². The molecule has 4 fully saturated rings. The Bertz CT molecular complexity index is 236. The zero-order chi connectivity index (χ0) is 9.27. The van der Waals surface area contributed by atoms with Gasteiger partial charge in [0, 0.05) is 13.1 Å². The van der Waals surface area contributed by atoms with Crippen molar-refractivity contribution in [2.75, 3.05) is 13.1 Å². The molecule has 0 amide bonds. The average molecular weight is 182 g/mol. The molecule has 4 bridgehead atoms. The van der Waals surface area contributed by atoms with Crippen LogP contribution in [0.5, 0.6) is 0 Å². The van der Waals surface area contributed by atoms with Crippen LogP contribution in [0.25, 0.3) is 0 Å². The second-order valence-corrected chi connectivity index (χ2v) is 5.26. The minimum atomic E-state index is -0.750. The summed E-state index contributed by atoms with van der Waals surface area (Å²) in [6, 6.07) is 0. The summed E-state index contributed by atoms with van der Waals surface area (Å²) in [5.41, 5.74) is 18.2. The van der Waals surface area contributed by atoms with Crippen LogP contribution in [0.15, 0.2) is 0 Å². The molecule has 3 aliphatic heterocycles. The van der Waals surface area contributed by atoms with Gasteiger partial charge in [-0.3, -0.25) is 16.4 Å². The standard InChI is InChI=1S/C9H18N4/c10-8-2-6-1-7(3-8)5-13(4-6)9(8,11)12/h6-7H,1-5,10-12H2. The van der Waals surface area contributed by atoms with E-state index in [9.17, 15) is 0 Å². The lowest BCUT2D eigenvalue weighted by atomic mass is 9.61. The molecule has 2 unspecified atom stereocenters. The van der Waals surface area contributed by atoms with Gasteiger partial charge in [-0.2, -0.15) is 0 Å². The Balaban J connectivity index is 2.03. The first kappa shape index (κ1) is 8.17. The molecule has 6 N–H and O–H groups in total. The molecule has 0 aromatic carbocycles. The third kappa shape index (κ3) is 0.845. The lowest BCUT2D eigenvalue weighted by Gasteiger charge is -2.64. The van der Waals surface area contributed by atoms with Gasteiger partial charge in [0.1, 0.15) is 5.79 Å². The zero-order valence-corrected chi connectivity index (χ0v) is 7.87. The van der Waals surface area contributed by atoms with Crippen molar-refractivity contribution >= 4 is 0 Å². The summed E-state index contributed by atoms with van der Waals surface area (Å²) in [4.78, 5) is 2.19. The SMILES string of the molecule is NC12CC3CC(CN(C3)C1(N)N)C2. The Morgan fingerprint density at radius 2 is 1.54 bits per heavy atom. The summed E-state index contributed by atoms with van der Waals surface area (Å²) in [5.74, 6) is 0.746. The number of hydrogen-bond donors (Lipinski definition) is 3. The molecule has 3 heterocycles. The van der Waals surface area contributed by atoms with Crippen molar-refractivity contribution in [3.05, 3.63) is 0 Å². The average Bonchev–Trinajstić information content (AvgIpc) is 1.99. The highest BCUT2D eigenvalue weighted by molar-refractivity contribution is 5.15. The molecule has 0 radical (unpaired) electrons. The summed E-state index contributed by atoms with van der Waals surface area (Å²) in [5, 5.41) is 0. The molecule has 4 heteroatoms. The van der Waals surface area contributed by atoms with E-state index in [2.05, 4.69) is 4.90 Å². The number of hydrogen-bond acceptors (Lipinski definition) is 4. The summed E-state index contributed by atoms with van der Waals surface area (Å²) in [6.07, 6.45) is 3.38. The Kier molecular flexibility index (Phi) is 1.31. The second kappa shape index (κ2) is 2.08. The Labute approximate surface area is 78.4 Å². The van der Waals surface area contributed by atoms with Gasteiger partial charge < -0.3 is 5.73 Å². The smallest absolute Gasteiger partial charge is 0.139 e. The minimum Gasteiger partial charge on any atom is -0.321 e. The number of nitrogens with zero attached hydrogens (tertiary/aromatic N) is 1. The predicted molar refractivity (Wildman–Crippen MR) is 50.4 cm³/mol. The lowest BCUT2D eigenvalue weighted by molar-refractivity contribution is -0.135. The van der Waals surface area contributed by atoms with Crippen molar-refractivity contribution in [3.63, 3.8) is 0 Å². The minimum absolute atomic E-state index is 0.322. The molecule has 74 valence electrons. The van der Waals surface area contributed by atoms with Crippen LogP contribution in [-0.2, 0) is 0 Å². The van der Waals surface area contributed by atoms with Crippen LogP contribution >= 0.6 is 0 Å². The van der Waals surface area contributed by atoms with Crippen molar-refractivity contribution in [2.24, 2.45) is 29.0 Å². The monoisotopic (exact) mass is 182 g/mol. The molecular weight excluding hydrogens is 164 g/mol. The molecule has 0 aromatic heterocycles. The highest BCUT2D eigenvalue weighted by atomic mass is 15.4. The van der Waals surface area contributed by atoms with Gasteiger partial charge in [-0.05, 0) is 31.1 Å². The molecule has 4 aliphatic rings. The summed E-state index contributed by atoms with van der Waals surface area (Å²) < 4.78 is 0. The van der Waals surface area contributed by atoms with Gasteiger partial charge in [-0.15, -0.1) is 0 Å². The van der Waals surface area contributed by atoms with Crippen LogP contribution in [0.2, 0.25) is 0 Å². The van der Waals surface area contributed by atoms with Crippen LogP contribution in [0.3, 0.4) is 0 Å². The Morgan fingerprint density at radius 1 is 1.00 bits per heavy atom. The van der Waals surface area contributed by atoms with Crippen molar-refractivity contribution in [3.8, 4) is 0 Å². The van der Waals surface area contributed by atoms with E-state index in [4.69, 9.17) is 17.2 Å². The van der Waals surface area contributed by atoms with Gasteiger partial charge in [0.15, 0.2) is 0 Å². The lowest BCUT2D eigenvalue weighted by Crippen LogP contribution is -2.86. The van der Waals surface area contributed by atoms with E-state index < -0.39 is 5.79 Å². The maximum atomic E-state index is 6.31. The number of nitrogens with two attached hydrogens (primary N) is 3. The van der Waals surface area contributed by atoms with Crippen LogP contribution in [0.1, 0.15) is 19.3 Å². The summed E-state index contributed by atoms with van der Waals surface area (Å²) >= 11 is 0. The van der Waals surface area contributed by atoms with Gasteiger partial charge in [0.25, 0.3) is 0 Å².